The molecule has 0 spiro atoms. The van der Waals surface area contributed by atoms with Crippen LogP contribution in [0.15, 0.2) is 53.5 Å². The van der Waals surface area contributed by atoms with Crippen molar-refractivity contribution < 1.29 is 14.3 Å². The number of rotatable bonds is 6. The van der Waals surface area contributed by atoms with Gasteiger partial charge in [0.15, 0.2) is 0 Å². The number of anilines is 1. The van der Waals surface area contributed by atoms with E-state index in [9.17, 15) is 9.59 Å². The van der Waals surface area contributed by atoms with Gasteiger partial charge in [0.2, 0.25) is 5.91 Å². The van der Waals surface area contributed by atoms with Crippen molar-refractivity contribution >= 4 is 33.6 Å². The number of benzene rings is 1. The zero-order chi connectivity index (χ0) is 21.6. The van der Waals surface area contributed by atoms with Crippen LogP contribution in [0.1, 0.15) is 47.0 Å². The Hall–Kier alpha value is -2.08. The van der Waals surface area contributed by atoms with Crippen molar-refractivity contribution in [2.75, 3.05) is 11.4 Å². The van der Waals surface area contributed by atoms with Crippen LogP contribution in [0.25, 0.3) is 0 Å². The maximum atomic E-state index is 12.8. The number of halogens is 1. The summed E-state index contributed by atoms with van der Waals surface area (Å²) in [6.45, 7) is 11.4. The monoisotopic (exact) mass is 462 g/mol. The summed E-state index contributed by atoms with van der Waals surface area (Å²) in [6.07, 6.45) is 8.02. The van der Waals surface area contributed by atoms with Gasteiger partial charge in [-0.3, -0.25) is 9.69 Å². The molecular weight excluding hydrogens is 432 g/mol. The predicted octanol–water partition coefficient (Wildman–Crippen LogP) is 5.70. The van der Waals surface area contributed by atoms with Crippen molar-refractivity contribution in [2.45, 2.75) is 64.6 Å². The van der Waals surface area contributed by atoms with E-state index in [1.807, 2.05) is 68.2 Å². The summed E-state index contributed by atoms with van der Waals surface area (Å²) >= 11 is 3.51. The lowest BCUT2D eigenvalue weighted by Gasteiger charge is -2.31. The van der Waals surface area contributed by atoms with E-state index in [1.54, 1.807) is 11.8 Å². The van der Waals surface area contributed by atoms with Gasteiger partial charge >= 0.3 is 6.09 Å². The van der Waals surface area contributed by atoms with Gasteiger partial charge in [0.1, 0.15) is 5.60 Å². The zero-order valence-electron chi connectivity index (χ0n) is 17.7. The molecule has 29 heavy (non-hydrogen) atoms. The van der Waals surface area contributed by atoms with Crippen LogP contribution in [0.3, 0.4) is 0 Å². The molecule has 2 rings (SSSR count). The summed E-state index contributed by atoms with van der Waals surface area (Å²) in [5.41, 5.74) is 0.280. The van der Waals surface area contributed by atoms with Gasteiger partial charge in [0, 0.05) is 24.0 Å². The molecule has 0 aliphatic carbocycles. The average Bonchev–Trinajstić information content (AvgIpc) is 3.01. The Kier molecular flexibility index (Phi) is 8.08. The number of carbonyl (C=O) groups excluding carboxylic acids is 2. The molecule has 1 aliphatic rings. The van der Waals surface area contributed by atoms with Crippen molar-refractivity contribution in [2.24, 2.45) is 0 Å². The molecule has 6 heteroatoms. The summed E-state index contributed by atoms with van der Waals surface area (Å²) in [6, 6.07) is 7.67. The zero-order valence-corrected chi connectivity index (χ0v) is 19.3. The summed E-state index contributed by atoms with van der Waals surface area (Å²) in [5, 5.41) is 0. The van der Waals surface area contributed by atoms with Crippen LogP contribution in [-0.4, -0.2) is 41.1 Å². The fourth-order valence-corrected chi connectivity index (χ4v) is 4.01. The molecule has 0 bridgehead atoms. The maximum absolute atomic E-state index is 12.8. The van der Waals surface area contributed by atoms with E-state index >= 15 is 0 Å². The van der Waals surface area contributed by atoms with E-state index in [0.29, 0.717) is 6.54 Å². The Morgan fingerprint density at radius 3 is 2.59 bits per heavy atom. The van der Waals surface area contributed by atoms with Gasteiger partial charge in [0.05, 0.1) is 11.7 Å². The first-order valence-electron chi connectivity index (χ1n) is 9.95. The van der Waals surface area contributed by atoms with Gasteiger partial charge in [-0.2, -0.15) is 0 Å². The van der Waals surface area contributed by atoms with Crippen LogP contribution in [0.4, 0.5) is 10.5 Å². The minimum absolute atomic E-state index is 0.0403. The molecule has 2 amide bonds. The van der Waals surface area contributed by atoms with Crippen molar-refractivity contribution in [1.29, 1.82) is 0 Å². The first kappa shape index (κ1) is 23.2. The van der Waals surface area contributed by atoms with E-state index in [-0.39, 0.29) is 24.1 Å². The number of carbonyl (C=O) groups is 2. The number of nitrogens with zero attached hydrogens (tertiary/aromatic N) is 2. The Bertz CT molecular complexity index is 770. The Balaban J connectivity index is 2.15. The van der Waals surface area contributed by atoms with Crippen LogP contribution < -0.4 is 4.90 Å². The molecule has 1 fully saturated rings. The Morgan fingerprint density at radius 2 is 2.00 bits per heavy atom. The summed E-state index contributed by atoms with van der Waals surface area (Å²) in [4.78, 5) is 28.5. The van der Waals surface area contributed by atoms with Gasteiger partial charge < -0.3 is 9.64 Å². The molecule has 0 saturated carbocycles. The minimum Gasteiger partial charge on any atom is -0.444 e. The highest BCUT2D eigenvalue weighted by atomic mass is 79.9. The fourth-order valence-electron chi connectivity index (χ4n) is 3.51. The molecule has 5 nitrogen and oxygen atoms in total. The summed E-state index contributed by atoms with van der Waals surface area (Å²) in [7, 11) is 0. The van der Waals surface area contributed by atoms with Crippen LogP contribution in [0.2, 0.25) is 0 Å². The molecule has 158 valence electrons. The maximum Gasteiger partial charge on any atom is 0.411 e. The summed E-state index contributed by atoms with van der Waals surface area (Å²) < 4.78 is 6.49. The normalized spacial score (nSPS) is 19.4. The Labute approximate surface area is 182 Å². The molecule has 0 unspecified atom stereocenters. The van der Waals surface area contributed by atoms with Gasteiger partial charge in [0.25, 0.3) is 0 Å². The molecule has 1 aromatic rings. The van der Waals surface area contributed by atoms with Gasteiger partial charge in [-0.25, -0.2) is 4.79 Å². The van der Waals surface area contributed by atoms with E-state index in [1.165, 1.54) is 0 Å². The number of para-hydroxylation sites is 1. The molecule has 0 aromatic heterocycles. The first-order valence-corrected chi connectivity index (χ1v) is 10.7. The van der Waals surface area contributed by atoms with E-state index in [4.69, 9.17) is 4.74 Å². The highest BCUT2D eigenvalue weighted by Gasteiger charge is 2.37. The minimum atomic E-state index is -0.544. The molecule has 0 N–H and O–H groups in total. The average molecular weight is 463 g/mol. The largest absolute Gasteiger partial charge is 0.444 e. The van der Waals surface area contributed by atoms with Crippen molar-refractivity contribution in [3.05, 3.63) is 53.5 Å². The third-order valence-electron chi connectivity index (χ3n) is 4.76. The molecule has 2 atom stereocenters. The molecule has 1 aromatic carbocycles. The number of hydrogen-bond acceptors (Lipinski definition) is 3. The smallest absolute Gasteiger partial charge is 0.411 e. The highest BCUT2D eigenvalue weighted by Crippen LogP contribution is 2.30. The Morgan fingerprint density at radius 1 is 1.31 bits per heavy atom. The third kappa shape index (κ3) is 6.46. The van der Waals surface area contributed by atoms with Gasteiger partial charge in [-0.15, -0.1) is 6.58 Å². The first-order chi connectivity index (χ1) is 13.6. The molecule has 1 saturated heterocycles. The van der Waals surface area contributed by atoms with Crippen molar-refractivity contribution in [3.63, 3.8) is 0 Å². The molecule has 1 heterocycles. The fraction of sp³-hybridized carbons (Fsp3) is 0.478. The number of likely N-dealkylation sites (tertiary alicyclic amines) is 1. The second-order valence-electron chi connectivity index (χ2n) is 8.22. The summed E-state index contributed by atoms with van der Waals surface area (Å²) in [5.74, 6) is -0.0403. The lowest BCUT2D eigenvalue weighted by Crippen LogP contribution is -2.43. The van der Waals surface area contributed by atoms with Crippen molar-refractivity contribution in [3.8, 4) is 0 Å². The van der Waals surface area contributed by atoms with Crippen LogP contribution >= 0.6 is 15.9 Å². The van der Waals surface area contributed by atoms with Crippen molar-refractivity contribution in [1.82, 2.24) is 4.90 Å². The molecular formula is C23H31BrN2O3. The van der Waals surface area contributed by atoms with Crippen LogP contribution in [0.5, 0.6) is 0 Å². The van der Waals surface area contributed by atoms with Crippen LogP contribution in [0, 0.1) is 0 Å². The van der Waals surface area contributed by atoms with Gasteiger partial charge in [-0.1, -0.05) is 30.4 Å². The standard InChI is InChI=1S/C23H31BrN2O3/c1-6-10-18-14-15-19(26(18)22(28)29-23(3,4)5)11-9-16-25(17(2)27)21-13-8-7-12-20(21)24/h6-9,11-13,18-19H,1,10,14-16H2,2-5H3/b11-9+/t18-,19+/m0/s1. The second kappa shape index (κ2) is 10.1. The number of ether oxygens (including phenoxy) is 1. The van der Waals surface area contributed by atoms with E-state index in [2.05, 4.69) is 22.5 Å². The molecule has 1 aliphatic heterocycles. The quantitative estimate of drug-likeness (QED) is 0.509. The van der Waals surface area contributed by atoms with Gasteiger partial charge in [-0.05, 0) is 68.1 Å². The number of hydrogen-bond donors (Lipinski definition) is 0. The molecule has 0 radical (unpaired) electrons. The number of amides is 2. The second-order valence-corrected chi connectivity index (χ2v) is 9.07. The lowest BCUT2D eigenvalue weighted by molar-refractivity contribution is -0.116. The predicted molar refractivity (Wildman–Crippen MR) is 121 cm³/mol. The lowest BCUT2D eigenvalue weighted by atomic mass is 10.1. The topological polar surface area (TPSA) is 49.9 Å². The third-order valence-corrected chi connectivity index (χ3v) is 5.43. The SMILES string of the molecule is C=CC[C@H]1CC[C@@H](/C=C/CN(C(C)=O)c2ccccc2Br)N1C(=O)OC(C)(C)C. The van der Waals surface area contributed by atoms with E-state index in [0.717, 1.165) is 29.4 Å². The van der Waals surface area contributed by atoms with E-state index < -0.39 is 5.60 Å². The van der Waals surface area contributed by atoms with Crippen LogP contribution in [-0.2, 0) is 9.53 Å². The highest BCUT2D eigenvalue weighted by molar-refractivity contribution is 9.10.